The van der Waals surface area contributed by atoms with Gasteiger partial charge in [0.15, 0.2) is 0 Å². The Morgan fingerprint density at radius 2 is 1.75 bits per heavy atom. The Hall–Kier alpha value is -2.77. The van der Waals surface area contributed by atoms with E-state index in [9.17, 15) is 22.8 Å². The summed E-state index contributed by atoms with van der Waals surface area (Å²) in [7, 11) is 1.55. The number of carbonyl (C=O) groups is 2. The molecule has 5 nitrogen and oxygen atoms in total. The molecule has 0 aliphatic heterocycles. The lowest BCUT2D eigenvalue weighted by Crippen LogP contribution is -2.44. The molecule has 0 bridgehead atoms. The van der Waals surface area contributed by atoms with Gasteiger partial charge in [-0.25, -0.2) is 0 Å². The minimum Gasteiger partial charge on any atom is -0.497 e. The molecule has 0 N–H and O–H groups in total. The van der Waals surface area contributed by atoms with Crippen LogP contribution in [0.4, 0.5) is 13.2 Å². The molecule has 0 fully saturated rings. The highest BCUT2D eigenvalue weighted by molar-refractivity contribution is 5.90. The first-order valence-corrected chi connectivity index (χ1v) is 8.73. The van der Waals surface area contributed by atoms with Crippen LogP contribution in [0.15, 0.2) is 36.4 Å². The molecule has 0 spiro atoms. The van der Waals surface area contributed by atoms with Gasteiger partial charge in [0.1, 0.15) is 18.8 Å². The normalized spacial score (nSPS) is 12.5. The highest BCUT2D eigenvalue weighted by Gasteiger charge is 2.36. The smallest absolute Gasteiger partial charge is 0.406 e. The molecule has 0 unspecified atom stereocenters. The molecular weight excluding hydrogens is 375 g/mol. The van der Waals surface area contributed by atoms with E-state index >= 15 is 0 Å². The van der Waals surface area contributed by atoms with Gasteiger partial charge in [-0.1, -0.05) is 24.3 Å². The van der Waals surface area contributed by atoms with Crippen LogP contribution in [0.1, 0.15) is 25.3 Å². The molecule has 0 aliphatic rings. The molecule has 0 saturated heterocycles. The number of nitrogens with zero attached hydrogens (tertiary/aromatic N) is 1. The van der Waals surface area contributed by atoms with Crippen LogP contribution in [0, 0.1) is 0 Å². The topological polar surface area (TPSA) is 55.8 Å². The lowest BCUT2D eigenvalue weighted by molar-refractivity contribution is -0.167. The number of alkyl halides is 3. The van der Waals surface area contributed by atoms with E-state index in [1.165, 1.54) is 6.92 Å². The number of amides is 1. The van der Waals surface area contributed by atoms with E-state index in [1.54, 1.807) is 44.4 Å². The van der Waals surface area contributed by atoms with E-state index in [0.29, 0.717) is 16.2 Å². The van der Waals surface area contributed by atoms with Crippen molar-refractivity contribution in [2.75, 3.05) is 26.8 Å². The van der Waals surface area contributed by atoms with Gasteiger partial charge < -0.3 is 14.4 Å². The molecule has 0 aliphatic carbocycles. The van der Waals surface area contributed by atoms with Crippen LogP contribution >= 0.6 is 0 Å². The number of methoxy groups -OCH3 is 1. The number of ether oxygens (including phenoxy) is 2. The Morgan fingerprint density at radius 3 is 2.36 bits per heavy atom. The number of benzene rings is 2. The van der Waals surface area contributed by atoms with Gasteiger partial charge in [-0.15, -0.1) is 0 Å². The Kier molecular flexibility index (Phi) is 6.88. The van der Waals surface area contributed by atoms with Crippen molar-refractivity contribution in [2.45, 2.75) is 25.9 Å². The molecular formula is C20H22F3NO4. The third kappa shape index (κ3) is 5.61. The van der Waals surface area contributed by atoms with Crippen LogP contribution in [0.5, 0.6) is 5.75 Å². The zero-order valence-corrected chi connectivity index (χ0v) is 15.9. The number of hydrogen-bond donors (Lipinski definition) is 0. The summed E-state index contributed by atoms with van der Waals surface area (Å²) in [5.74, 6) is -1.85. The lowest BCUT2D eigenvalue weighted by Gasteiger charge is -2.26. The van der Waals surface area contributed by atoms with Gasteiger partial charge in [0.05, 0.1) is 19.6 Å². The summed E-state index contributed by atoms with van der Waals surface area (Å²) < 4.78 is 48.5. The molecule has 152 valence electrons. The van der Waals surface area contributed by atoms with Crippen LogP contribution in [0.25, 0.3) is 10.8 Å². The van der Waals surface area contributed by atoms with Crippen LogP contribution < -0.4 is 4.74 Å². The molecule has 2 rings (SSSR count). The van der Waals surface area contributed by atoms with Crippen molar-refractivity contribution >= 4 is 22.6 Å². The average molecular weight is 397 g/mol. The van der Waals surface area contributed by atoms with Gasteiger partial charge in [0, 0.05) is 0 Å². The van der Waals surface area contributed by atoms with Crippen molar-refractivity contribution < 1.29 is 32.2 Å². The van der Waals surface area contributed by atoms with E-state index in [4.69, 9.17) is 4.74 Å². The fourth-order valence-corrected chi connectivity index (χ4v) is 2.85. The maximum Gasteiger partial charge on any atom is 0.406 e. The fourth-order valence-electron chi connectivity index (χ4n) is 2.85. The summed E-state index contributed by atoms with van der Waals surface area (Å²) in [6, 6.07) is 10.6. The first-order valence-electron chi connectivity index (χ1n) is 8.73. The van der Waals surface area contributed by atoms with E-state index in [2.05, 4.69) is 4.74 Å². The van der Waals surface area contributed by atoms with Gasteiger partial charge in [0.2, 0.25) is 5.91 Å². The van der Waals surface area contributed by atoms with Gasteiger partial charge in [-0.3, -0.25) is 9.59 Å². The first-order chi connectivity index (χ1) is 13.1. The van der Waals surface area contributed by atoms with Crippen molar-refractivity contribution in [3.8, 4) is 5.75 Å². The van der Waals surface area contributed by atoms with Crippen molar-refractivity contribution in [1.29, 1.82) is 0 Å². The summed E-state index contributed by atoms with van der Waals surface area (Å²) >= 11 is 0. The second kappa shape index (κ2) is 8.95. The molecule has 0 saturated carbocycles. The highest BCUT2D eigenvalue weighted by atomic mass is 19.4. The predicted octanol–water partition coefficient (Wildman–Crippen LogP) is 3.91. The standard InChI is InChI=1S/C20H22F3NO4/c1-4-28-18(25)11-24(12-20(21,22)23)19(26)13(2)14-5-6-16-10-17(27-3)8-7-15(16)9-14/h5-10,13H,4,11-12H2,1-3H3/t13-/m0/s1. The second-order valence-corrected chi connectivity index (χ2v) is 6.31. The zero-order valence-electron chi connectivity index (χ0n) is 15.9. The zero-order chi connectivity index (χ0) is 20.9. The van der Waals surface area contributed by atoms with E-state index in [0.717, 1.165) is 10.8 Å². The summed E-state index contributed by atoms with van der Waals surface area (Å²) in [5.41, 5.74) is 0.554. The van der Waals surface area contributed by atoms with Gasteiger partial charge in [-0.05, 0) is 42.3 Å². The van der Waals surface area contributed by atoms with Crippen molar-refractivity contribution in [2.24, 2.45) is 0 Å². The minimum absolute atomic E-state index is 0.0244. The van der Waals surface area contributed by atoms with Gasteiger partial charge in [-0.2, -0.15) is 13.2 Å². The summed E-state index contributed by atoms with van der Waals surface area (Å²) in [4.78, 5) is 24.8. The first kappa shape index (κ1) is 21.5. The fraction of sp³-hybridized carbons (Fsp3) is 0.400. The quantitative estimate of drug-likeness (QED) is 0.665. The SMILES string of the molecule is CCOC(=O)CN(CC(F)(F)F)C(=O)[C@@H](C)c1ccc2cc(OC)ccc2c1. The van der Waals surface area contributed by atoms with E-state index in [1.807, 2.05) is 6.07 Å². The number of carbonyl (C=O) groups excluding carboxylic acids is 2. The molecule has 1 amide bonds. The van der Waals surface area contributed by atoms with Crippen LogP contribution in [0.2, 0.25) is 0 Å². The molecule has 2 aromatic carbocycles. The molecule has 8 heteroatoms. The Labute approximate surface area is 161 Å². The number of halogens is 3. The summed E-state index contributed by atoms with van der Waals surface area (Å²) in [5, 5.41) is 1.70. The van der Waals surface area contributed by atoms with Crippen molar-refractivity contribution in [3.63, 3.8) is 0 Å². The molecule has 1 atom stereocenters. The molecule has 28 heavy (non-hydrogen) atoms. The van der Waals surface area contributed by atoms with Crippen LogP contribution in [0.3, 0.4) is 0 Å². The summed E-state index contributed by atoms with van der Waals surface area (Å²) in [6.07, 6.45) is -4.62. The Morgan fingerprint density at radius 1 is 1.11 bits per heavy atom. The number of rotatable bonds is 7. The molecule has 0 radical (unpaired) electrons. The van der Waals surface area contributed by atoms with E-state index < -0.39 is 37.1 Å². The maximum absolute atomic E-state index is 12.9. The molecule has 0 aromatic heterocycles. The van der Waals surface area contributed by atoms with Crippen molar-refractivity contribution in [1.82, 2.24) is 4.90 Å². The second-order valence-electron chi connectivity index (χ2n) is 6.31. The van der Waals surface area contributed by atoms with Crippen LogP contribution in [-0.2, 0) is 14.3 Å². The number of hydrogen-bond acceptors (Lipinski definition) is 4. The Balaban J connectivity index is 2.27. The Bertz CT molecular complexity index is 851. The van der Waals surface area contributed by atoms with Gasteiger partial charge in [0.25, 0.3) is 0 Å². The maximum atomic E-state index is 12.9. The molecule has 2 aromatic rings. The third-order valence-corrected chi connectivity index (χ3v) is 4.25. The minimum atomic E-state index is -4.62. The monoisotopic (exact) mass is 397 g/mol. The number of fused-ring (bicyclic) bond motifs is 1. The lowest BCUT2D eigenvalue weighted by atomic mass is 9.96. The summed E-state index contributed by atoms with van der Waals surface area (Å²) in [6.45, 7) is 0.819. The van der Waals surface area contributed by atoms with Crippen molar-refractivity contribution in [3.05, 3.63) is 42.0 Å². The largest absolute Gasteiger partial charge is 0.497 e. The van der Waals surface area contributed by atoms with E-state index in [-0.39, 0.29) is 6.61 Å². The third-order valence-electron chi connectivity index (χ3n) is 4.25. The molecule has 0 heterocycles. The van der Waals surface area contributed by atoms with Gasteiger partial charge >= 0.3 is 12.1 Å². The van der Waals surface area contributed by atoms with Crippen LogP contribution in [-0.4, -0.2) is 49.8 Å². The predicted molar refractivity (Wildman–Crippen MR) is 98.2 cm³/mol. The average Bonchev–Trinajstić information content (AvgIpc) is 2.64. The number of esters is 1. The highest BCUT2D eigenvalue weighted by Crippen LogP contribution is 2.27.